The maximum Gasteiger partial charge on any atom is 0.314 e. The highest BCUT2D eigenvalue weighted by atomic mass is 79.9. The van der Waals surface area contributed by atoms with E-state index >= 15 is 0 Å². The molecule has 0 aliphatic carbocycles. The van der Waals surface area contributed by atoms with Crippen molar-refractivity contribution in [1.82, 2.24) is 20.2 Å². The third-order valence-corrected chi connectivity index (χ3v) is 5.38. The van der Waals surface area contributed by atoms with Gasteiger partial charge in [0.05, 0.1) is 6.54 Å². The fourth-order valence-electron chi connectivity index (χ4n) is 2.90. The zero-order chi connectivity index (χ0) is 23.3. The van der Waals surface area contributed by atoms with Gasteiger partial charge >= 0.3 is 6.03 Å². The minimum absolute atomic E-state index is 0.0306. The average Bonchev–Trinajstić information content (AvgIpc) is 2.78. The van der Waals surface area contributed by atoms with E-state index in [0.29, 0.717) is 12.4 Å². The van der Waals surface area contributed by atoms with E-state index in [1.165, 1.54) is 10.6 Å². The van der Waals surface area contributed by atoms with Crippen LogP contribution in [0.3, 0.4) is 0 Å². The molecule has 2 amide bonds. The number of hydrogen-bond acceptors (Lipinski definition) is 4. The van der Waals surface area contributed by atoms with Crippen LogP contribution in [0, 0.1) is 18.6 Å². The Morgan fingerprint density at radius 3 is 2.50 bits per heavy atom. The van der Waals surface area contributed by atoms with Crippen LogP contribution in [0.4, 0.5) is 13.6 Å². The number of rotatable bonds is 7. The first-order chi connectivity index (χ1) is 15.3. The number of nitrogens with zero attached hydrogens (tertiary/aromatic N) is 2. The predicted octanol–water partition coefficient (Wildman–Crippen LogP) is 3.65. The summed E-state index contributed by atoms with van der Waals surface area (Å²) in [5.41, 5.74) is 1.58. The lowest BCUT2D eigenvalue weighted by atomic mass is 10.1. The number of ether oxygens (including phenoxy) is 1. The lowest BCUT2D eigenvalue weighted by molar-refractivity contribution is 0.242. The minimum Gasteiger partial charge on any atom is -0.472 e. The van der Waals surface area contributed by atoms with Crippen LogP contribution in [0.15, 0.2) is 51.7 Å². The van der Waals surface area contributed by atoms with Crippen molar-refractivity contribution in [3.63, 3.8) is 0 Å². The van der Waals surface area contributed by atoms with Gasteiger partial charge in [-0.2, -0.15) is 4.98 Å². The summed E-state index contributed by atoms with van der Waals surface area (Å²) in [6.45, 7) is 2.13. The SMILES string of the molecule is CNC(=O)NCc1ccc(Cn2c(C)nc(OCc3ccc(F)cc3F)c(Br)c2=O)cc1. The molecular weight excluding hydrogens is 486 g/mol. The third kappa shape index (κ3) is 5.70. The summed E-state index contributed by atoms with van der Waals surface area (Å²) in [5.74, 6) is -0.971. The molecule has 0 saturated heterocycles. The van der Waals surface area contributed by atoms with Gasteiger partial charge in [-0.05, 0) is 46.1 Å². The number of urea groups is 1. The van der Waals surface area contributed by atoms with Gasteiger partial charge in [-0.25, -0.2) is 13.6 Å². The summed E-state index contributed by atoms with van der Waals surface area (Å²) >= 11 is 3.21. The first kappa shape index (κ1) is 23.4. The Kier molecular flexibility index (Phi) is 7.57. The molecular formula is C22H21BrF2N4O3. The van der Waals surface area contributed by atoms with Crippen molar-refractivity contribution in [2.75, 3.05) is 7.05 Å². The molecule has 0 radical (unpaired) electrons. The fourth-order valence-corrected chi connectivity index (χ4v) is 3.31. The molecule has 2 N–H and O–H groups in total. The van der Waals surface area contributed by atoms with E-state index in [-0.39, 0.29) is 40.7 Å². The van der Waals surface area contributed by atoms with Gasteiger partial charge in [0.15, 0.2) is 0 Å². The molecule has 0 spiro atoms. The van der Waals surface area contributed by atoms with Crippen molar-refractivity contribution in [3.8, 4) is 5.88 Å². The molecule has 3 aromatic rings. The molecule has 0 unspecified atom stereocenters. The lowest BCUT2D eigenvalue weighted by Crippen LogP contribution is -2.32. The first-order valence-electron chi connectivity index (χ1n) is 9.65. The van der Waals surface area contributed by atoms with Gasteiger partial charge in [0.25, 0.3) is 5.56 Å². The van der Waals surface area contributed by atoms with E-state index in [9.17, 15) is 18.4 Å². The van der Waals surface area contributed by atoms with Crippen LogP contribution in [-0.4, -0.2) is 22.6 Å². The van der Waals surface area contributed by atoms with Crippen LogP contribution in [0.1, 0.15) is 22.5 Å². The van der Waals surface area contributed by atoms with Crippen molar-refractivity contribution in [3.05, 3.63) is 91.4 Å². The van der Waals surface area contributed by atoms with Gasteiger partial charge in [-0.15, -0.1) is 0 Å². The smallest absolute Gasteiger partial charge is 0.314 e. The van der Waals surface area contributed by atoms with E-state index in [1.54, 1.807) is 14.0 Å². The number of benzene rings is 2. The van der Waals surface area contributed by atoms with E-state index < -0.39 is 11.6 Å². The van der Waals surface area contributed by atoms with Crippen LogP contribution in [-0.2, 0) is 19.7 Å². The number of carbonyl (C=O) groups is 1. The number of nitrogens with one attached hydrogen (secondary N) is 2. The summed E-state index contributed by atoms with van der Waals surface area (Å²) < 4.78 is 34.0. The highest BCUT2D eigenvalue weighted by molar-refractivity contribution is 9.10. The van der Waals surface area contributed by atoms with E-state index in [1.807, 2.05) is 24.3 Å². The molecule has 0 fully saturated rings. The largest absolute Gasteiger partial charge is 0.472 e. The molecule has 32 heavy (non-hydrogen) atoms. The Morgan fingerprint density at radius 1 is 1.16 bits per heavy atom. The maximum absolute atomic E-state index is 13.8. The standard InChI is InChI=1S/C22H21BrF2N4O3/c1-13-28-20(32-12-16-7-8-17(24)9-18(16)25)19(23)21(30)29(13)11-15-5-3-14(4-6-15)10-27-22(31)26-2/h3-9H,10-12H2,1-2H3,(H2,26,27,31). The molecule has 0 bridgehead atoms. The summed E-state index contributed by atoms with van der Waals surface area (Å²) in [6, 6.07) is 10.4. The van der Waals surface area contributed by atoms with E-state index in [4.69, 9.17) is 4.74 Å². The highest BCUT2D eigenvalue weighted by Gasteiger charge is 2.15. The number of aromatic nitrogens is 2. The Hall–Kier alpha value is -3.27. The maximum atomic E-state index is 13.8. The Balaban J connectivity index is 1.72. The average molecular weight is 507 g/mol. The molecule has 0 aliphatic heterocycles. The van der Waals surface area contributed by atoms with Crippen LogP contribution in [0.2, 0.25) is 0 Å². The zero-order valence-electron chi connectivity index (χ0n) is 17.4. The molecule has 2 aromatic carbocycles. The second kappa shape index (κ2) is 10.4. The van der Waals surface area contributed by atoms with Crippen molar-refractivity contribution in [2.45, 2.75) is 26.6 Å². The van der Waals surface area contributed by atoms with Crippen molar-refractivity contribution >= 4 is 22.0 Å². The number of amides is 2. The summed E-state index contributed by atoms with van der Waals surface area (Å²) in [5, 5.41) is 5.18. The van der Waals surface area contributed by atoms with Crippen molar-refractivity contribution in [1.29, 1.82) is 0 Å². The zero-order valence-corrected chi connectivity index (χ0v) is 19.0. The highest BCUT2D eigenvalue weighted by Crippen LogP contribution is 2.21. The number of carbonyl (C=O) groups excluding carboxylic acids is 1. The van der Waals surface area contributed by atoms with Crippen molar-refractivity contribution in [2.24, 2.45) is 0 Å². The van der Waals surface area contributed by atoms with Gasteiger partial charge in [0.1, 0.15) is 28.5 Å². The molecule has 168 valence electrons. The van der Waals surface area contributed by atoms with E-state index in [0.717, 1.165) is 23.3 Å². The van der Waals surface area contributed by atoms with Gasteiger partial charge in [0, 0.05) is 25.2 Å². The molecule has 7 nitrogen and oxygen atoms in total. The predicted molar refractivity (Wildman–Crippen MR) is 118 cm³/mol. The molecule has 3 rings (SSSR count). The molecule has 10 heteroatoms. The number of hydrogen-bond donors (Lipinski definition) is 2. The second-order valence-corrected chi connectivity index (χ2v) is 7.74. The van der Waals surface area contributed by atoms with E-state index in [2.05, 4.69) is 31.5 Å². The lowest BCUT2D eigenvalue weighted by Gasteiger charge is -2.14. The third-order valence-electron chi connectivity index (χ3n) is 4.70. The monoisotopic (exact) mass is 506 g/mol. The Labute approximate surface area is 191 Å². The quantitative estimate of drug-likeness (QED) is 0.512. The van der Waals surface area contributed by atoms with Crippen LogP contribution in [0.5, 0.6) is 5.88 Å². The van der Waals surface area contributed by atoms with Crippen LogP contribution in [0.25, 0.3) is 0 Å². The molecule has 0 aliphatic rings. The first-order valence-corrected chi connectivity index (χ1v) is 10.4. The van der Waals surface area contributed by atoms with Gasteiger partial charge in [-0.1, -0.05) is 24.3 Å². The molecule has 1 heterocycles. The molecule has 1 aromatic heterocycles. The van der Waals surface area contributed by atoms with Gasteiger partial charge in [-0.3, -0.25) is 9.36 Å². The fraction of sp³-hybridized carbons (Fsp3) is 0.227. The summed E-state index contributed by atoms with van der Waals surface area (Å²) in [7, 11) is 1.54. The summed E-state index contributed by atoms with van der Waals surface area (Å²) in [4.78, 5) is 28.4. The normalized spacial score (nSPS) is 10.7. The van der Waals surface area contributed by atoms with Crippen LogP contribution >= 0.6 is 15.9 Å². The second-order valence-electron chi connectivity index (χ2n) is 6.94. The molecule has 0 saturated carbocycles. The van der Waals surface area contributed by atoms with Gasteiger partial charge < -0.3 is 15.4 Å². The Bertz CT molecular complexity index is 1180. The van der Waals surface area contributed by atoms with Crippen LogP contribution < -0.4 is 20.9 Å². The molecule has 0 atom stereocenters. The van der Waals surface area contributed by atoms with Gasteiger partial charge in [0.2, 0.25) is 5.88 Å². The number of halogens is 3. The Morgan fingerprint density at radius 2 is 1.84 bits per heavy atom. The van der Waals surface area contributed by atoms with Crippen molar-refractivity contribution < 1.29 is 18.3 Å². The topological polar surface area (TPSA) is 85.2 Å². The minimum atomic E-state index is -0.736. The summed E-state index contributed by atoms with van der Waals surface area (Å²) in [6.07, 6.45) is 0. The number of aryl methyl sites for hydroxylation is 1.